The minimum absolute atomic E-state index is 1.17. The van der Waals surface area contributed by atoms with Crippen LogP contribution >= 0.6 is 7.60 Å². The lowest BCUT2D eigenvalue weighted by molar-refractivity contribution is 0.00508. The molecule has 0 rings (SSSR count). The summed E-state index contributed by atoms with van der Waals surface area (Å²) in [4.78, 5) is 2.39. The second-order valence-corrected chi connectivity index (χ2v) is 2.99. The van der Waals surface area contributed by atoms with Crippen molar-refractivity contribution >= 4 is 13.6 Å². The molecule has 0 N–H and O–H groups in total. The van der Waals surface area contributed by atoms with Crippen LogP contribution in [-0.4, -0.2) is 25.0 Å². The Hall–Kier alpha value is -0.470. The van der Waals surface area contributed by atoms with E-state index in [1.807, 2.05) is 0 Å². The van der Waals surface area contributed by atoms with Crippen molar-refractivity contribution in [2.24, 2.45) is 0 Å². The van der Waals surface area contributed by atoms with Crippen molar-refractivity contribution in [3.63, 3.8) is 0 Å². The summed E-state index contributed by atoms with van der Waals surface area (Å²) in [6, 6.07) is 0. The molecule has 0 aromatic rings. The van der Waals surface area contributed by atoms with Crippen LogP contribution in [0.25, 0.3) is 5.53 Å². The van der Waals surface area contributed by atoms with Crippen LogP contribution in [-0.2, 0) is 13.6 Å². The number of hydrogen-bond donors (Lipinski definition) is 0. The average molecular weight is 149 g/mol. The van der Waals surface area contributed by atoms with Crippen LogP contribution in [0.5, 0.6) is 0 Å². The Bertz CT molecular complexity index is 166. The largest absolute Gasteiger partial charge is 0.407 e. The molecule has 5 nitrogen and oxygen atoms in total. The van der Waals surface area contributed by atoms with Crippen LogP contribution in [0.15, 0.2) is 0 Å². The predicted octanol–water partition coefficient (Wildman–Crippen LogP) is 0.607. The van der Waals surface area contributed by atoms with Gasteiger partial charge in [0.15, 0.2) is 0 Å². The molecule has 0 saturated carbocycles. The first-order chi connectivity index (χ1) is 4.18. The Morgan fingerprint density at radius 1 is 1.56 bits per heavy atom. The fraction of sp³-hybridized carbons (Fsp3) is 0.667. The van der Waals surface area contributed by atoms with E-state index in [-0.39, 0.29) is 0 Å². The van der Waals surface area contributed by atoms with E-state index < -0.39 is 7.60 Å². The Balaban J connectivity index is 4.28. The highest BCUT2D eigenvalue weighted by atomic mass is 31.2. The third-order valence-corrected chi connectivity index (χ3v) is 1.94. The maximum Gasteiger partial charge on any atom is 0.260 e. The van der Waals surface area contributed by atoms with Gasteiger partial charge in [-0.1, -0.05) is 0 Å². The van der Waals surface area contributed by atoms with Gasteiger partial charge in [0.1, 0.15) is 0 Å². The topological polar surface area (TPSA) is 71.9 Å². The summed E-state index contributed by atoms with van der Waals surface area (Å²) in [5, 5.41) is 0. The molecule has 0 unspecified atom stereocenters. The van der Waals surface area contributed by atoms with Crippen molar-refractivity contribution in [3.05, 3.63) is 5.53 Å². The van der Waals surface area contributed by atoms with Gasteiger partial charge in [-0.2, -0.15) is 0 Å². The maximum absolute atomic E-state index is 10.7. The molecule has 0 spiro atoms. The average Bonchev–Trinajstić information content (AvgIpc) is 1.89. The van der Waals surface area contributed by atoms with Gasteiger partial charge in [0.25, 0.3) is 7.60 Å². The number of rotatable bonds is 3. The van der Waals surface area contributed by atoms with Gasteiger partial charge in [0.05, 0.1) is 5.96 Å². The minimum Gasteiger partial charge on any atom is -0.407 e. The molecule has 0 amide bonds. The molecule has 52 valence electrons. The van der Waals surface area contributed by atoms with Crippen LogP contribution in [0, 0.1) is 0 Å². The Kier molecular flexibility index (Phi) is 3.35. The molecule has 0 atom stereocenters. The van der Waals surface area contributed by atoms with Gasteiger partial charge in [-0.3, -0.25) is 4.57 Å². The van der Waals surface area contributed by atoms with Crippen molar-refractivity contribution in [2.45, 2.75) is 0 Å². The highest BCUT2D eigenvalue weighted by Crippen LogP contribution is 2.42. The van der Waals surface area contributed by atoms with E-state index in [1.165, 1.54) is 14.2 Å². The molecule has 6 heteroatoms. The summed E-state index contributed by atoms with van der Waals surface area (Å²) in [5.74, 6) is 1.75. The second-order valence-electron chi connectivity index (χ2n) is 1.06. The summed E-state index contributed by atoms with van der Waals surface area (Å²) in [6.45, 7) is 0. The summed E-state index contributed by atoms with van der Waals surface area (Å²) in [6.07, 6.45) is 0. The first-order valence-corrected chi connectivity index (χ1v) is 3.55. The van der Waals surface area contributed by atoms with Gasteiger partial charge >= 0.3 is 0 Å². The van der Waals surface area contributed by atoms with Gasteiger partial charge in [-0.15, -0.1) is 0 Å². The van der Waals surface area contributed by atoms with E-state index in [0.29, 0.717) is 0 Å². The summed E-state index contributed by atoms with van der Waals surface area (Å²) < 4.78 is 19.3. The molecule has 0 aliphatic rings. The van der Waals surface area contributed by atoms with Crippen molar-refractivity contribution in [3.8, 4) is 0 Å². The molecular formula is C3H6N2O3P-. The molecule has 0 aromatic carbocycles. The van der Waals surface area contributed by atoms with Crippen molar-refractivity contribution in [1.82, 2.24) is 0 Å². The lowest BCUT2D eigenvalue weighted by Gasteiger charge is -2.10. The van der Waals surface area contributed by atoms with E-state index in [2.05, 4.69) is 13.8 Å². The van der Waals surface area contributed by atoms with E-state index >= 15 is 0 Å². The lowest BCUT2D eigenvalue weighted by Crippen LogP contribution is -1.88. The summed E-state index contributed by atoms with van der Waals surface area (Å²) in [5.41, 5.74) is 7.85. The van der Waals surface area contributed by atoms with E-state index in [9.17, 15) is 4.57 Å². The molecule has 0 aliphatic carbocycles. The minimum atomic E-state index is -3.35. The van der Waals surface area contributed by atoms with Crippen molar-refractivity contribution < 1.29 is 18.4 Å². The number of hydrogen-bond acceptors (Lipinski definition) is 3. The molecular weight excluding hydrogens is 143 g/mol. The fourth-order valence-electron chi connectivity index (χ4n) is 0.211. The highest BCUT2D eigenvalue weighted by Gasteiger charge is 2.08. The maximum atomic E-state index is 10.7. The first kappa shape index (κ1) is 8.53. The highest BCUT2D eigenvalue weighted by molar-refractivity contribution is 7.69. The van der Waals surface area contributed by atoms with E-state index in [0.717, 1.165) is 0 Å². The zero-order valence-electron chi connectivity index (χ0n) is 5.07. The van der Waals surface area contributed by atoms with Crippen molar-refractivity contribution in [1.29, 1.82) is 0 Å². The van der Waals surface area contributed by atoms with E-state index in [1.54, 1.807) is 5.96 Å². The Morgan fingerprint density at radius 3 is 2.11 bits per heavy atom. The van der Waals surface area contributed by atoms with Crippen LogP contribution in [0.1, 0.15) is 0 Å². The molecule has 0 aliphatic heterocycles. The molecule has 0 heterocycles. The normalized spacial score (nSPS) is 10.4. The molecule has 0 saturated heterocycles. The Labute approximate surface area is 52.7 Å². The quantitative estimate of drug-likeness (QED) is 0.194. The van der Waals surface area contributed by atoms with Gasteiger partial charge in [-0.25, -0.2) is 0 Å². The SMILES string of the molecule is COP(=O)([C-]=[N+]=[N-])OC. The third-order valence-electron chi connectivity index (χ3n) is 0.648. The zero-order valence-corrected chi connectivity index (χ0v) is 5.96. The molecule has 9 heavy (non-hydrogen) atoms. The van der Waals surface area contributed by atoms with Crippen LogP contribution in [0.4, 0.5) is 0 Å². The van der Waals surface area contributed by atoms with Crippen LogP contribution < -0.4 is 0 Å². The Morgan fingerprint density at radius 2 is 2.00 bits per heavy atom. The molecule has 0 bridgehead atoms. The monoisotopic (exact) mass is 149 g/mol. The van der Waals surface area contributed by atoms with Gasteiger partial charge < -0.3 is 19.4 Å². The van der Waals surface area contributed by atoms with Crippen molar-refractivity contribution in [2.75, 3.05) is 14.2 Å². The zero-order chi connectivity index (χ0) is 7.33. The van der Waals surface area contributed by atoms with Crippen LogP contribution in [0.2, 0.25) is 0 Å². The predicted molar refractivity (Wildman–Crippen MR) is 30.3 cm³/mol. The molecule has 0 fully saturated rings. The van der Waals surface area contributed by atoms with Gasteiger partial charge in [0, 0.05) is 14.2 Å². The number of nitrogens with zero attached hydrogens (tertiary/aromatic N) is 2. The van der Waals surface area contributed by atoms with E-state index in [4.69, 9.17) is 5.53 Å². The molecule has 0 aromatic heterocycles. The standard InChI is InChI=1S/C3H6N2O3P/c1-7-9(6,8-2)3-5-4/h1-2H3/q-1. The third kappa shape index (κ3) is 2.54. The second kappa shape index (κ2) is 3.54. The van der Waals surface area contributed by atoms with Gasteiger partial charge in [-0.05, 0) is 0 Å². The molecule has 0 radical (unpaired) electrons. The summed E-state index contributed by atoms with van der Waals surface area (Å²) >= 11 is 0. The smallest absolute Gasteiger partial charge is 0.260 e. The van der Waals surface area contributed by atoms with Crippen LogP contribution in [0.3, 0.4) is 0 Å². The first-order valence-electron chi connectivity index (χ1n) is 2.01. The fourth-order valence-corrected chi connectivity index (χ4v) is 0.633. The summed E-state index contributed by atoms with van der Waals surface area (Å²) in [7, 11) is -1.01. The van der Waals surface area contributed by atoms with Gasteiger partial charge in [0.2, 0.25) is 0 Å². The lowest BCUT2D eigenvalue weighted by atomic mass is 11.7.